The molecule has 0 saturated heterocycles. The van der Waals surface area contributed by atoms with Gasteiger partial charge in [-0.3, -0.25) is 4.99 Å². The molecule has 2 N–H and O–H groups in total. The SMILES string of the molecule is CCNC(=NCCCOC)NCCOc1cccc(Cl)c1. The van der Waals surface area contributed by atoms with E-state index in [9.17, 15) is 0 Å². The lowest BCUT2D eigenvalue weighted by molar-refractivity contribution is 0.197. The summed E-state index contributed by atoms with van der Waals surface area (Å²) in [6.45, 7) is 5.53. The predicted octanol–water partition coefficient (Wildman–Crippen LogP) is 2.31. The minimum atomic E-state index is 0.544. The summed E-state index contributed by atoms with van der Waals surface area (Å²) >= 11 is 5.90. The molecule has 0 saturated carbocycles. The summed E-state index contributed by atoms with van der Waals surface area (Å²) < 4.78 is 10.6. The zero-order chi connectivity index (χ0) is 15.3. The number of halogens is 1. The highest BCUT2D eigenvalue weighted by molar-refractivity contribution is 6.30. The lowest BCUT2D eigenvalue weighted by atomic mass is 10.3. The Labute approximate surface area is 131 Å². The molecule has 0 unspecified atom stereocenters. The number of rotatable bonds is 9. The molecule has 1 rings (SSSR count). The van der Waals surface area contributed by atoms with Crippen LogP contribution in [0.2, 0.25) is 5.02 Å². The van der Waals surface area contributed by atoms with Gasteiger partial charge in [0, 0.05) is 31.8 Å². The molecule has 0 atom stereocenters. The van der Waals surface area contributed by atoms with Gasteiger partial charge in [0.1, 0.15) is 12.4 Å². The second-order valence-electron chi connectivity index (χ2n) is 4.34. The number of methoxy groups -OCH3 is 1. The summed E-state index contributed by atoms with van der Waals surface area (Å²) in [5.74, 6) is 1.56. The highest BCUT2D eigenvalue weighted by atomic mass is 35.5. The molecule has 5 nitrogen and oxygen atoms in total. The Hall–Kier alpha value is -1.46. The average Bonchev–Trinajstić information content (AvgIpc) is 2.48. The molecule has 1 aromatic carbocycles. The van der Waals surface area contributed by atoms with Crippen LogP contribution in [0.3, 0.4) is 0 Å². The summed E-state index contributed by atoms with van der Waals surface area (Å²) in [5, 5.41) is 7.09. The summed E-state index contributed by atoms with van der Waals surface area (Å²) in [4.78, 5) is 4.45. The molecule has 0 aliphatic heterocycles. The zero-order valence-corrected chi connectivity index (χ0v) is 13.4. The lowest BCUT2D eigenvalue weighted by Gasteiger charge is -2.12. The Balaban J connectivity index is 2.26. The monoisotopic (exact) mass is 313 g/mol. The van der Waals surface area contributed by atoms with Crippen LogP contribution in [0.4, 0.5) is 0 Å². The van der Waals surface area contributed by atoms with Gasteiger partial charge in [0.05, 0.1) is 6.54 Å². The third kappa shape index (κ3) is 8.42. The molecule has 0 aromatic heterocycles. The van der Waals surface area contributed by atoms with Crippen LogP contribution < -0.4 is 15.4 Å². The Morgan fingerprint density at radius 1 is 1.29 bits per heavy atom. The molecular formula is C15H24ClN3O2. The Kier molecular flexibility index (Phi) is 9.40. The van der Waals surface area contributed by atoms with E-state index in [4.69, 9.17) is 21.1 Å². The first-order chi connectivity index (χ1) is 10.3. The molecule has 118 valence electrons. The van der Waals surface area contributed by atoms with Crippen LogP contribution in [-0.4, -0.2) is 45.9 Å². The molecule has 0 heterocycles. The first-order valence-corrected chi connectivity index (χ1v) is 7.53. The quantitative estimate of drug-likeness (QED) is 0.417. The van der Waals surface area contributed by atoms with Crippen molar-refractivity contribution in [3.8, 4) is 5.75 Å². The van der Waals surface area contributed by atoms with Crippen molar-refractivity contribution in [1.29, 1.82) is 0 Å². The molecule has 0 bridgehead atoms. The van der Waals surface area contributed by atoms with Crippen molar-refractivity contribution in [1.82, 2.24) is 10.6 Å². The number of ether oxygens (including phenoxy) is 2. The van der Waals surface area contributed by atoms with Crippen LogP contribution in [0.1, 0.15) is 13.3 Å². The van der Waals surface area contributed by atoms with Gasteiger partial charge in [0.25, 0.3) is 0 Å². The minimum absolute atomic E-state index is 0.544. The van der Waals surface area contributed by atoms with Crippen molar-refractivity contribution in [3.63, 3.8) is 0 Å². The fourth-order valence-corrected chi connectivity index (χ4v) is 1.82. The van der Waals surface area contributed by atoms with E-state index < -0.39 is 0 Å². The van der Waals surface area contributed by atoms with E-state index >= 15 is 0 Å². The van der Waals surface area contributed by atoms with E-state index in [1.54, 1.807) is 13.2 Å². The number of nitrogens with zero attached hydrogens (tertiary/aromatic N) is 1. The van der Waals surface area contributed by atoms with E-state index in [0.29, 0.717) is 18.2 Å². The molecule has 1 aromatic rings. The van der Waals surface area contributed by atoms with E-state index in [2.05, 4.69) is 15.6 Å². The van der Waals surface area contributed by atoms with E-state index in [1.807, 2.05) is 25.1 Å². The maximum absolute atomic E-state index is 5.90. The van der Waals surface area contributed by atoms with Crippen molar-refractivity contribution in [2.75, 3.05) is 40.0 Å². The van der Waals surface area contributed by atoms with E-state index in [-0.39, 0.29) is 0 Å². The van der Waals surface area contributed by atoms with Crippen molar-refractivity contribution in [2.45, 2.75) is 13.3 Å². The molecule has 0 spiro atoms. The van der Waals surface area contributed by atoms with Crippen molar-refractivity contribution in [2.24, 2.45) is 4.99 Å². The molecule has 0 radical (unpaired) electrons. The molecule has 21 heavy (non-hydrogen) atoms. The van der Waals surface area contributed by atoms with Gasteiger partial charge in [0.15, 0.2) is 5.96 Å². The van der Waals surface area contributed by atoms with Gasteiger partial charge in [-0.05, 0) is 31.5 Å². The number of guanidine groups is 1. The predicted molar refractivity (Wildman–Crippen MR) is 87.4 cm³/mol. The second-order valence-corrected chi connectivity index (χ2v) is 4.78. The summed E-state index contributed by atoms with van der Waals surface area (Å²) in [7, 11) is 1.69. The van der Waals surface area contributed by atoms with Gasteiger partial charge in [-0.2, -0.15) is 0 Å². The number of aliphatic imine (C=N–C) groups is 1. The maximum atomic E-state index is 5.90. The third-order valence-electron chi connectivity index (χ3n) is 2.58. The van der Waals surface area contributed by atoms with Crippen LogP contribution in [0.5, 0.6) is 5.75 Å². The first-order valence-electron chi connectivity index (χ1n) is 7.15. The lowest BCUT2D eigenvalue weighted by Crippen LogP contribution is -2.39. The summed E-state index contributed by atoms with van der Waals surface area (Å²) in [6, 6.07) is 7.37. The average molecular weight is 314 g/mol. The molecule has 0 amide bonds. The van der Waals surface area contributed by atoms with Gasteiger partial charge in [-0.25, -0.2) is 0 Å². The maximum Gasteiger partial charge on any atom is 0.191 e. The van der Waals surface area contributed by atoms with E-state index in [0.717, 1.165) is 37.8 Å². The first kappa shape index (κ1) is 17.6. The summed E-state index contributed by atoms with van der Waals surface area (Å²) in [6.07, 6.45) is 0.909. The number of nitrogens with one attached hydrogen (secondary N) is 2. The van der Waals surface area contributed by atoms with Crippen LogP contribution in [0.15, 0.2) is 29.3 Å². The van der Waals surface area contributed by atoms with Crippen molar-refractivity contribution in [3.05, 3.63) is 29.3 Å². The van der Waals surface area contributed by atoms with Crippen LogP contribution in [0, 0.1) is 0 Å². The topological polar surface area (TPSA) is 54.9 Å². The van der Waals surface area contributed by atoms with Gasteiger partial charge in [-0.1, -0.05) is 17.7 Å². The molecule has 0 fully saturated rings. The number of hydrogen-bond acceptors (Lipinski definition) is 3. The van der Waals surface area contributed by atoms with Gasteiger partial charge in [0.2, 0.25) is 0 Å². The largest absolute Gasteiger partial charge is 0.492 e. The van der Waals surface area contributed by atoms with E-state index in [1.165, 1.54) is 0 Å². The Morgan fingerprint density at radius 3 is 2.86 bits per heavy atom. The van der Waals surface area contributed by atoms with Crippen molar-refractivity contribution >= 4 is 17.6 Å². The van der Waals surface area contributed by atoms with Gasteiger partial charge >= 0.3 is 0 Å². The normalized spacial score (nSPS) is 11.3. The standard InChI is InChI=1S/C15H24ClN3O2/c1-3-17-15(18-8-5-10-20-2)19-9-11-21-14-7-4-6-13(16)12-14/h4,6-7,12H,3,5,8-11H2,1-2H3,(H2,17,18,19). The summed E-state index contributed by atoms with van der Waals surface area (Å²) in [5.41, 5.74) is 0. The molecule has 0 aliphatic rings. The van der Waals surface area contributed by atoms with Gasteiger partial charge in [-0.15, -0.1) is 0 Å². The number of benzene rings is 1. The highest BCUT2D eigenvalue weighted by Crippen LogP contribution is 2.16. The van der Waals surface area contributed by atoms with Crippen LogP contribution >= 0.6 is 11.6 Å². The Morgan fingerprint density at radius 2 is 2.14 bits per heavy atom. The van der Waals surface area contributed by atoms with Crippen molar-refractivity contribution < 1.29 is 9.47 Å². The third-order valence-corrected chi connectivity index (χ3v) is 2.82. The minimum Gasteiger partial charge on any atom is -0.492 e. The van der Waals surface area contributed by atoms with Crippen LogP contribution in [-0.2, 0) is 4.74 Å². The fourth-order valence-electron chi connectivity index (χ4n) is 1.64. The second kappa shape index (κ2) is 11.2. The fraction of sp³-hybridized carbons (Fsp3) is 0.533. The highest BCUT2D eigenvalue weighted by Gasteiger charge is 1.98. The molecular weight excluding hydrogens is 290 g/mol. The molecule has 0 aliphatic carbocycles. The zero-order valence-electron chi connectivity index (χ0n) is 12.7. The van der Waals surface area contributed by atoms with Gasteiger partial charge < -0.3 is 20.1 Å². The molecule has 6 heteroatoms. The Bertz CT molecular complexity index is 427. The number of hydrogen-bond donors (Lipinski definition) is 2. The van der Waals surface area contributed by atoms with Crippen LogP contribution in [0.25, 0.3) is 0 Å². The smallest absolute Gasteiger partial charge is 0.191 e.